The van der Waals surface area contributed by atoms with Crippen molar-refractivity contribution in [2.24, 2.45) is 4.99 Å². The molecule has 6 nitrogen and oxygen atoms in total. The summed E-state index contributed by atoms with van der Waals surface area (Å²) in [5, 5.41) is 0. The van der Waals surface area contributed by atoms with Gasteiger partial charge in [0, 0.05) is 5.56 Å². The van der Waals surface area contributed by atoms with Gasteiger partial charge < -0.3 is 14.2 Å². The van der Waals surface area contributed by atoms with E-state index in [1.54, 1.807) is 42.5 Å². The summed E-state index contributed by atoms with van der Waals surface area (Å²) < 4.78 is 29.9. The fraction of sp³-hybridized carbons (Fsp3) is 0.0417. The van der Waals surface area contributed by atoms with Gasteiger partial charge in [0.05, 0.1) is 16.2 Å². The number of methoxy groups -OCH3 is 1. The van der Waals surface area contributed by atoms with E-state index in [1.165, 1.54) is 37.5 Å². The molecular weight excluding hydrogens is 528 g/mol. The Morgan fingerprint density at radius 2 is 1.81 bits per heavy atom. The fourth-order valence-corrected chi connectivity index (χ4v) is 3.67. The van der Waals surface area contributed by atoms with E-state index in [4.69, 9.17) is 14.2 Å². The molecule has 0 aliphatic carbocycles. The molecule has 0 N–H and O–H groups in total. The molecule has 1 aliphatic rings. The van der Waals surface area contributed by atoms with Gasteiger partial charge in [-0.3, -0.25) is 0 Å². The minimum Gasteiger partial charge on any atom is -0.493 e. The van der Waals surface area contributed by atoms with Gasteiger partial charge in [-0.2, -0.15) is 0 Å². The van der Waals surface area contributed by atoms with Crippen LogP contribution in [0.3, 0.4) is 0 Å². The topological polar surface area (TPSA) is 74.2 Å². The first kappa shape index (κ1) is 21.7. The lowest BCUT2D eigenvalue weighted by Crippen LogP contribution is -2.10. The molecule has 0 amide bonds. The van der Waals surface area contributed by atoms with Gasteiger partial charge in [-0.05, 0) is 82.8 Å². The van der Waals surface area contributed by atoms with Gasteiger partial charge in [0.2, 0.25) is 5.90 Å². The molecule has 3 aromatic rings. The summed E-state index contributed by atoms with van der Waals surface area (Å²) in [5.41, 5.74) is 1.57. The summed E-state index contributed by atoms with van der Waals surface area (Å²) >= 11 is 2.02. The van der Waals surface area contributed by atoms with Crippen molar-refractivity contribution in [2.75, 3.05) is 7.11 Å². The molecule has 0 radical (unpaired) electrons. The van der Waals surface area contributed by atoms with Crippen molar-refractivity contribution in [3.05, 3.63) is 98.5 Å². The summed E-state index contributed by atoms with van der Waals surface area (Å²) in [6.07, 6.45) is 1.53. The molecule has 0 atom stereocenters. The minimum absolute atomic E-state index is 0.0798. The normalized spacial score (nSPS) is 14.2. The van der Waals surface area contributed by atoms with Crippen LogP contribution in [0.25, 0.3) is 6.08 Å². The Morgan fingerprint density at radius 1 is 1.09 bits per heavy atom. The number of benzene rings is 3. The highest BCUT2D eigenvalue weighted by Crippen LogP contribution is 2.35. The zero-order valence-electron chi connectivity index (χ0n) is 16.7. The molecule has 0 bridgehead atoms. The smallest absolute Gasteiger partial charge is 0.363 e. The molecular formula is C24H15FINO5. The van der Waals surface area contributed by atoms with Gasteiger partial charge in [0.25, 0.3) is 0 Å². The van der Waals surface area contributed by atoms with Crippen LogP contribution in [-0.4, -0.2) is 24.9 Å². The number of ether oxygens (including phenoxy) is 3. The number of aliphatic imine (C=N–C) groups is 1. The van der Waals surface area contributed by atoms with Crippen LogP contribution in [0, 0.1) is 9.39 Å². The van der Waals surface area contributed by atoms with E-state index in [2.05, 4.69) is 4.99 Å². The SMILES string of the molecule is COc1cc(/C=C2\N=C(c3ccc(F)cc3)OC2=O)cc(I)c1OC(=O)c1ccccc1. The monoisotopic (exact) mass is 543 g/mol. The van der Waals surface area contributed by atoms with Gasteiger partial charge in [-0.1, -0.05) is 18.2 Å². The lowest BCUT2D eigenvalue weighted by molar-refractivity contribution is -0.129. The average molecular weight is 543 g/mol. The van der Waals surface area contributed by atoms with Gasteiger partial charge in [-0.15, -0.1) is 0 Å². The third-order valence-electron chi connectivity index (χ3n) is 4.47. The Kier molecular flexibility index (Phi) is 6.31. The van der Waals surface area contributed by atoms with E-state index in [1.807, 2.05) is 22.6 Å². The first-order chi connectivity index (χ1) is 15.4. The molecule has 160 valence electrons. The summed E-state index contributed by atoms with van der Waals surface area (Å²) in [6.45, 7) is 0. The number of nitrogens with zero attached hydrogens (tertiary/aromatic N) is 1. The highest BCUT2D eigenvalue weighted by atomic mass is 127. The first-order valence-electron chi connectivity index (χ1n) is 9.38. The predicted molar refractivity (Wildman–Crippen MR) is 124 cm³/mol. The van der Waals surface area contributed by atoms with E-state index in [0.29, 0.717) is 26.0 Å². The zero-order valence-corrected chi connectivity index (χ0v) is 18.8. The van der Waals surface area contributed by atoms with Crippen molar-refractivity contribution < 1.29 is 28.2 Å². The molecule has 3 aromatic carbocycles. The maximum Gasteiger partial charge on any atom is 0.363 e. The molecule has 8 heteroatoms. The van der Waals surface area contributed by atoms with Gasteiger partial charge in [-0.25, -0.2) is 19.0 Å². The number of carbonyl (C=O) groups is 2. The van der Waals surface area contributed by atoms with E-state index < -0.39 is 17.8 Å². The lowest BCUT2D eigenvalue weighted by Gasteiger charge is -2.12. The highest BCUT2D eigenvalue weighted by molar-refractivity contribution is 14.1. The molecule has 0 saturated carbocycles. The second-order valence-electron chi connectivity index (χ2n) is 6.63. The highest BCUT2D eigenvalue weighted by Gasteiger charge is 2.25. The Balaban J connectivity index is 1.62. The molecule has 0 spiro atoms. The van der Waals surface area contributed by atoms with E-state index in [-0.39, 0.29) is 17.3 Å². The van der Waals surface area contributed by atoms with Gasteiger partial charge in [0.15, 0.2) is 17.2 Å². The Hall–Kier alpha value is -3.53. The molecule has 0 fully saturated rings. The summed E-state index contributed by atoms with van der Waals surface area (Å²) in [7, 11) is 1.46. The third-order valence-corrected chi connectivity index (χ3v) is 5.27. The van der Waals surface area contributed by atoms with Crippen molar-refractivity contribution in [3.8, 4) is 11.5 Å². The third kappa shape index (κ3) is 4.70. The average Bonchev–Trinajstić information content (AvgIpc) is 3.16. The maximum atomic E-state index is 13.1. The molecule has 0 unspecified atom stereocenters. The van der Waals surface area contributed by atoms with Crippen molar-refractivity contribution in [2.45, 2.75) is 0 Å². The minimum atomic E-state index is -0.627. The van der Waals surface area contributed by atoms with Crippen molar-refractivity contribution in [1.82, 2.24) is 0 Å². The van der Waals surface area contributed by atoms with Crippen LogP contribution in [-0.2, 0) is 9.53 Å². The van der Waals surface area contributed by atoms with E-state index in [9.17, 15) is 14.0 Å². The number of rotatable bonds is 5. The van der Waals surface area contributed by atoms with Crippen LogP contribution < -0.4 is 9.47 Å². The molecule has 1 aliphatic heterocycles. The summed E-state index contributed by atoms with van der Waals surface area (Å²) in [6, 6.07) is 17.4. The summed E-state index contributed by atoms with van der Waals surface area (Å²) in [4.78, 5) is 28.9. The van der Waals surface area contributed by atoms with Crippen LogP contribution in [0.1, 0.15) is 21.5 Å². The second kappa shape index (κ2) is 9.31. The van der Waals surface area contributed by atoms with E-state index >= 15 is 0 Å². The number of cyclic esters (lactones) is 1. The number of carbonyl (C=O) groups excluding carboxylic acids is 2. The Morgan fingerprint density at radius 3 is 2.50 bits per heavy atom. The van der Waals surface area contributed by atoms with Crippen LogP contribution in [0.15, 0.2) is 77.4 Å². The van der Waals surface area contributed by atoms with Crippen LogP contribution in [0.5, 0.6) is 11.5 Å². The fourth-order valence-electron chi connectivity index (χ4n) is 2.93. The maximum absolute atomic E-state index is 13.1. The largest absolute Gasteiger partial charge is 0.493 e. The molecule has 32 heavy (non-hydrogen) atoms. The van der Waals surface area contributed by atoms with Crippen molar-refractivity contribution >= 4 is 46.5 Å². The van der Waals surface area contributed by atoms with Crippen molar-refractivity contribution in [3.63, 3.8) is 0 Å². The number of esters is 2. The Labute approximate surface area is 196 Å². The quantitative estimate of drug-likeness (QED) is 0.196. The zero-order chi connectivity index (χ0) is 22.7. The van der Waals surface area contributed by atoms with Gasteiger partial charge in [0.1, 0.15) is 5.82 Å². The van der Waals surface area contributed by atoms with Crippen LogP contribution in [0.4, 0.5) is 4.39 Å². The molecule has 0 aromatic heterocycles. The molecule has 4 rings (SSSR count). The summed E-state index contributed by atoms with van der Waals surface area (Å²) in [5.74, 6) is -0.852. The number of halogens is 2. The second-order valence-corrected chi connectivity index (χ2v) is 7.79. The first-order valence-corrected chi connectivity index (χ1v) is 10.5. The molecule has 1 heterocycles. The van der Waals surface area contributed by atoms with Crippen LogP contribution in [0.2, 0.25) is 0 Å². The molecule has 0 saturated heterocycles. The van der Waals surface area contributed by atoms with Crippen LogP contribution >= 0.6 is 22.6 Å². The number of hydrogen-bond acceptors (Lipinski definition) is 6. The standard InChI is InChI=1S/C24H15FINO5/c1-30-20-13-14(11-18(26)21(20)31-23(28)16-5-3-2-4-6-16)12-19-24(29)32-22(27-19)15-7-9-17(25)10-8-15/h2-13H,1H3/b19-12-. The lowest BCUT2D eigenvalue weighted by atomic mass is 10.1. The Bertz CT molecular complexity index is 1250. The van der Waals surface area contributed by atoms with Gasteiger partial charge >= 0.3 is 11.9 Å². The van der Waals surface area contributed by atoms with E-state index in [0.717, 1.165) is 0 Å². The number of hydrogen-bond donors (Lipinski definition) is 0. The van der Waals surface area contributed by atoms with Crippen molar-refractivity contribution in [1.29, 1.82) is 0 Å². The predicted octanol–water partition coefficient (Wildman–Crippen LogP) is 5.00.